The molecule has 2 N–H and O–H groups in total. The summed E-state index contributed by atoms with van der Waals surface area (Å²) in [7, 11) is 0. The van der Waals surface area contributed by atoms with Crippen LogP contribution in [0.4, 0.5) is 4.39 Å². The summed E-state index contributed by atoms with van der Waals surface area (Å²) < 4.78 is 13.5. The Morgan fingerprint density at radius 1 is 0.967 bits per heavy atom. The molecule has 0 saturated heterocycles. The molecule has 0 aliphatic carbocycles. The molecule has 0 saturated carbocycles. The molecule has 30 heavy (non-hydrogen) atoms. The molecule has 10 heteroatoms. The largest absolute Gasteiger partial charge is 0.335 e. The first-order chi connectivity index (χ1) is 14.8. The Balaban J connectivity index is 1.52. The Hall–Kier alpha value is -4.05. The van der Waals surface area contributed by atoms with Gasteiger partial charge in [0, 0.05) is 34.6 Å². The standard InChI is InChI=1S/C20H11FN8S/c21-15-4-3-14(30-15)11-5-6-24-19-16(11)26-20(27-19)18-17-13(28-29-18)2-1-12(25-17)10-7-22-9-23-8-10/h1-9H,(H,28,29)(H,24,26,27). The average molecular weight is 414 g/mol. The molecule has 6 heterocycles. The summed E-state index contributed by atoms with van der Waals surface area (Å²) in [5, 5.41) is 7.15. The number of hydrogen-bond acceptors (Lipinski definition) is 7. The lowest BCUT2D eigenvalue weighted by atomic mass is 10.2. The summed E-state index contributed by atoms with van der Waals surface area (Å²) in [6, 6.07) is 8.82. The molecule has 0 fully saturated rings. The Kier molecular flexibility index (Phi) is 3.65. The maximum Gasteiger partial charge on any atom is 0.178 e. The Morgan fingerprint density at radius 2 is 1.87 bits per heavy atom. The molecule has 6 aromatic rings. The highest BCUT2D eigenvalue weighted by Gasteiger charge is 2.18. The lowest BCUT2D eigenvalue weighted by Crippen LogP contribution is -1.88. The monoisotopic (exact) mass is 414 g/mol. The number of H-pyrrole nitrogens is 2. The molecule has 0 radical (unpaired) electrons. The van der Waals surface area contributed by atoms with Crippen molar-refractivity contribution < 1.29 is 4.39 Å². The Bertz CT molecular complexity index is 1520. The molecule has 0 aliphatic heterocycles. The van der Waals surface area contributed by atoms with E-state index in [9.17, 15) is 4.39 Å². The van der Waals surface area contributed by atoms with Crippen LogP contribution in [0.3, 0.4) is 0 Å². The molecule has 0 bridgehead atoms. The van der Waals surface area contributed by atoms with Crippen LogP contribution in [-0.2, 0) is 0 Å². The van der Waals surface area contributed by atoms with Crippen LogP contribution in [0.15, 0.2) is 55.2 Å². The van der Waals surface area contributed by atoms with Crippen molar-refractivity contribution in [1.29, 1.82) is 0 Å². The highest BCUT2D eigenvalue weighted by molar-refractivity contribution is 7.14. The SMILES string of the molecule is Fc1ccc(-c2ccnc3nc(-c4n[nH]c5ccc(-c6cncnc6)nc45)[nH]c23)s1. The van der Waals surface area contributed by atoms with Gasteiger partial charge in [0.15, 0.2) is 22.3 Å². The van der Waals surface area contributed by atoms with Gasteiger partial charge in [-0.2, -0.15) is 9.49 Å². The van der Waals surface area contributed by atoms with Crippen molar-refractivity contribution in [3.05, 3.63) is 60.4 Å². The van der Waals surface area contributed by atoms with E-state index in [4.69, 9.17) is 4.98 Å². The van der Waals surface area contributed by atoms with Crippen LogP contribution in [0.25, 0.3) is 55.4 Å². The van der Waals surface area contributed by atoms with E-state index in [0.717, 1.165) is 44.1 Å². The second-order valence-corrected chi connectivity index (χ2v) is 7.57. The van der Waals surface area contributed by atoms with Gasteiger partial charge in [0.25, 0.3) is 0 Å². The predicted molar refractivity (Wildman–Crippen MR) is 111 cm³/mol. The summed E-state index contributed by atoms with van der Waals surface area (Å²) in [6.07, 6.45) is 6.55. The zero-order valence-corrected chi connectivity index (χ0v) is 16.0. The summed E-state index contributed by atoms with van der Waals surface area (Å²) >= 11 is 1.08. The average Bonchev–Trinajstić information content (AvgIpc) is 3.51. The number of hydrogen-bond donors (Lipinski definition) is 2. The van der Waals surface area contributed by atoms with Crippen LogP contribution in [0.2, 0.25) is 0 Å². The van der Waals surface area contributed by atoms with Gasteiger partial charge in [0.2, 0.25) is 0 Å². The third-order valence-corrected chi connectivity index (χ3v) is 5.63. The van der Waals surface area contributed by atoms with Crippen molar-refractivity contribution in [2.75, 3.05) is 0 Å². The molecule has 0 amide bonds. The highest BCUT2D eigenvalue weighted by atomic mass is 32.1. The van der Waals surface area contributed by atoms with Crippen molar-refractivity contribution >= 4 is 33.5 Å². The molecule has 0 spiro atoms. The van der Waals surface area contributed by atoms with Gasteiger partial charge < -0.3 is 4.98 Å². The maximum atomic E-state index is 13.5. The van der Waals surface area contributed by atoms with Crippen LogP contribution in [0, 0.1) is 5.13 Å². The fraction of sp³-hybridized carbons (Fsp3) is 0. The van der Waals surface area contributed by atoms with Crippen LogP contribution in [0.1, 0.15) is 0 Å². The summed E-state index contributed by atoms with van der Waals surface area (Å²) in [6.45, 7) is 0. The Morgan fingerprint density at radius 3 is 2.70 bits per heavy atom. The first-order valence-electron chi connectivity index (χ1n) is 8.97. The quantitative estimate of drug-likeness (QED) is 0.449. The molecule has 0 unspecified atom stereocenters. The first kappa shape index (κ1) is 16.9. The van der Waals surface area contributed by atoms with Gasteiger partial charge in [0.05, 0.1) is 16.7 Å². The lowest BCUT2D eigenvalue weighted by Gasteiger charge is -2.00. The van der Waals surface area contributed by atoms with Gasteiger partial charge >= 0.3 is 0 Å². The van der Waals surface area contributed by atoms with E-state index in [0.29, 0.717) is 22.7 Å². The van der Waals surface area contributed by atoms with E-state index in [1.807, 2.05) is 18.2 Å². The smallest absolute Gasteiger partial charge is 0.178 e. The van der Waals surface area contributed by atoms with Gasteiger partial charge in [-0.1, -0.05) is 0 Å². The molecular formula is C20H11FN8S. The molecule has 0 atom stereocenters. The van der Waals surface area contributed by atoms with Gasteiger partial charge in [-0.05, 0) is 30.3 Å². The number of fused-ring (bicyclic) bond motifs is 2. The fourth-order valence-electron chi connectivity index (χ4n) is 3.34. The molecule has 144 valence electrons. The van der Waals surface area contributed by atoms with Crippen molar-refractivity contribution in [3.63, 3.8) is 0 Å². The van der Waals surface area contributed by atoms with Gasteiger partial charge in [-0.3, -0.25) is 5.10 Å². The summed E-state index contributed by atoms with van der Waals surface area (Å²) in [5.74, 6) is 0.530. The van der Waals surface area contributed by atoms with Crippen molar-refractivity contribution in [2.24, 2.45) is 0 Å². The first-order valence-corrected chi connectivity index (χ1v) is 9.79. The third kappa shape index (κ3) is 2.65. The number of imidazole rings is 1. The van der Waals surface area contributed by atoms with E-state index in [2.05, 4.69) is 35.1 Å². The molecule has 6 rings (SSSR count). The topological polar surface area (TPSA) is 109 Å². The summed E-state index contributed by atoms with van der Waals surface area (Å²) in [5.41, 5.74) is 5.64. The van der Waals surface area contributed by atoms with Crippen LogP contribution >= 0.6 is 11.3 Å². The van der Waals surface area contributed by atoms with Crippen molar-refractivity contribution in [3.8, 4) is 33.2 Å². The van der Waals surface area contributed by atoms with E-state index >= 15 is 0 Å². The van der Waals surface area contributed by atoms with Crippen molar-refractivity contribution in [1.82, 2.24) is 40.1 Å². The highest BCUT2D eigenvalue weighted by Crippen LogP contribution is 2.33. The second kappa shape index (κ2) is 6.49. The van der Waals surface area contributed by atoms with Crippen LogP contribution in [-0.4, -0.2) is 40.1 Å². The third-order valence-electron chi connectivity index (χ3n) is 4.72. The van der Waals surface area contributed by atoms with Crippen molar-refractivity contribution in [2.45, 2.75) is 0 Å². The number of nitrogens with zero attached hydrogens (tertiary/aromatic N) is 6. The molecule has 0 aliphatic rings. The maximum absolute atomic E-state index is 13.5. The molecule has 8 nitrogen and oxygen atoms in total. The minimum atomic E-state index is -0.241. The number of nitrogens with one attached hydrogen (secondary N) is 2. The van der Waals surface area contributed by atoms with E-state index < -0.39 is 0 Å². The number of aromatic amines is 2. The predicted octanol–water partition coefficient (Wildman–Crippen LogP) is 4.22. The fourth-order valence-corrected chi connectivity index (χ4v) is 4.11. The van der Waals surface area contributed by atoms with Crippen LogP contribution in [0.5, 0.6) is 0 Å². The second-order valence-electron chi connectivity index (χ2n) is 6.54. The lowest BCUT2D eigenvalue weighted by molar-refractivity contribution is 0.657. The van der Waals surface area contributed by atoms with Crippen LogP contribution < -0.4 is 0 Å². The normalized spacial score (nSPS) is 11.5. The van der Waals surface area contributed by atoms with E-state index in [1.54, 1.807) is 24.7 Å². The van der Waals surface area contributed by atoms with Gasteiger partial charge in [-0.25, -0.2) is 24.9 Å². The number of thiophene rings is 1. The number of rotatable bonds is 3. The summed E-state index contributed by atoms with van der Waals surface area (Å²) in [4.78, 5) is 25.9. The number of pyridine rings is 2. The van der Waals surface area contributed by atoms with E-state index in [1.165, 1.54) is 12.4 Å². The Labute approximate surface area is 171 Å². The minimum absolute atomic E-state index is 0.241. The van der Waals surface area contributed by atoms with Gasteiger partial charge in [0.1, 0.15) is 11.8 Å². The molecular weight excluding hydrogens is 403 g/mol. The zero-order chi connectivity index (χ0) is 20.1. The van der Waals surface area contributed by atoms with E-state index in [-0.39, 0.29) is 5.13 Å². The minimum Gasteiger partial charge on any atom is -0.335 e. The number of halogens is 1. The number of aromatic nitrogens is 8. The molecule has 0 aromatic carbocycles. The zero-order valence-electron chi connectivity index (χ0n) is 15.2. The van der Waals surface area contributed by atoms with Gasteiger partial charge in [-0.15, -0.1) is 11.3 Å². The molecule has 6 aromatic heterocycles.